The van der Waals surface area contributed by atoms with Crippen LogP contribution in [0.15, 0.2) is 18.5 Å². The Morgan fingerprint density at radius 3 is 2.83 bits per heavy atom. The Kier molecular flexibility index (Phi) is 4.23. The van der Waals surface area contributed by atoms with Gasteiger partial charge in [0.1, 0.15) is 12.9 Å². The molecule has 24 heavy (non-hydrogen) atoms. The molecule has 1 saturated carbocycles. The number of nitrogens with zero attached hydrogens (tertiary/aromatic N) is 4. The number of carbonyl (C=O) groups is 1. The minimum Gasteiger partial charge on any atom is -0.469 e. The Labute approximate surface area is 139 Å². The maximum absolute atomic E-state index is 11.6. The molecule has 0 radical (unpaired) electrons. The second-order valence-corrected chi connectivity index (χ2v) is 6.40. The van der Waals surface area contributed by atoms with Crippen LogP contribution in [0.4, 0.5) is 0 Å². The Hall–Kier alpha value is -2.48. The molecule has 1 amide bonds. The zero-order chi connectivity index (χ0) is 17.3. The highest BCUT2D eigenvalue weighted by Gasteiger charge is 2.40. The summed E-state index contributed by atoms with van der Waals surface area (Å²) in [6.07, 6.45) is 3.68. The fourth-order valence-electron chi connectivity index (χ4n) is 2.70. The van der Waals surface area contributed by atoms with Crippen LogP contribution >= 0.6 is 0 Å². The number of carbonyl (C=O) groups excluding carboxylic acids is 1. The van der Waals surface area contributed by atoms with Crippen molar-refractivity contribution in [2.24, 2.45) is 18.7 Å². The summed E-state index contributed by atoms with van der Waals surface area (Å²) in [5, 5.41) is 14.5. The highest BCUT2D eigenvalue weighted by atomic mass is 16.5. The molecule has 2 heterocycles. The van der Waals surface area contributed by atoms with Gasteiger partial charge in [0.05, 0.1) is 16.9 Å². The van der Waals surface area contributed by atoms with Gasteiger partial charge in [-0.05, 0) is 31.7 Å². The number of nitrogens with two attached hydrogens (primary N) is 1. The van der Waals surface area contributed by atoms with Gasteiger partial charge in [-0.3, -0.25) is 9.48 Å². The van der Waals surface area contributed by atoms with Crippen LogP contribution in [0, 0.1) is 5.92 Å². The first-order valence-corrected chi connectivity index (χ1v) is 7.84. The molecule has 8 nitrogen and oxygen atoms in total. The summed E-state index contributed by atoms with van der Waals surface area (Å²) in [7, 11) is 1.77. The van der Waals surface area contributed by atoms with E-state index in [9.17, 15) is 9.90 Å². The number of hydrogen-bond donors (Lipinski definition) is 2. The summed E-state index contributed by atoms with van der Waals surface area (Å²) < 4.78 is 7.24. The lowest BCUT2D eigenvalue weighted by Gasteiger charge is -2.23. The summed E-state index contributed by atoms with van der Waals surface area (Å²) in [5.74, 6) is 0.680. The molecule has 128 valence electrons. The SMILES string of the molecule is Cn1ncnc1COc1ccc(C(N)=O)c(C[C@](C)(O)C2CC2)n1. The monoisotopic (exact) mass is 331 g/mol. The standard InChI is InChI=1S/C16H21N5O3/c1-16(23,10-3-4-10)7-12-11(15(17)22)5-6-14(20-12)24-8-13-18-9-19-21(13)2/h5-6,9-10,23H,3-4,7-8H2,1-2H3,(H2,17,22)/t16-/m0/s1. The van der Waals surface area contributed by atoms with E-state index in [-0.39, 0.29) is 18.9 Å². The number of hydrogen-bond acceptors (Lipinski definition) is 6. The number of primary amides is 1. The Morgan fingerprint density at radius 2 is 2.25 bits per heavy atom. The predicted molar refractivity (Wildman–Crippen MR) is 85.1 cm³/mol. The van der Waals surface area contributed by atoms with Crippen molar-refractivity contribution in [2.45, 2.75) is 38.4 Å². The normalized spacial score (nSPS) is 16.6. The fourth-order valence-corrected chi connectivity index (χ4v) is 2.70. The van der Waals surface area contributed by atoms with E-state index >= 15 is 0 Å². The van der Waals surface area contributed by atoms with E-state index in [4.69, 9.17) is 10.5 Å². The second kappa shape index (κ2) is 6.20. The molecular weight excluding hydrogens is 310 g/mol. The molecule has 0 unspecified atom stereocenters. The van der Waals surface area contributed by atoms with E-state index in [2.05, 4.69) is 15.1 Å². The van der Waals surface area contributed by atoms with Crippen LogP contribution in [0.3, 0.4) is 0 Å². The smallest absolute Gasteiger partial charge is 0.250 e. The largest absolute Gasteiger partial charge is 0.469 e. The van der Waals surface area contributed by atoms with Crippen molar-refractivity contribution in [1.82, 2.24) is 19.7 Å². The average Bonchev–Trinajstić information content (AvgIpc) is 3.29. The van der Waals surface area contributed by atoms with Gasteiger partial charge in [0, 0.05) is 19.5 Å². The van der Waals surface area contributed by atoms with Crippen molar-refractivity contribution in [3.8, 4) is 5.88 Å². The van der Waals surface area contributed by atoms with Gasteiger partial charge in [0.25, 0.3) is 5.91 Å². The molecule has 0 spiro atoms. The summed E-state index contributed by atoms with van der Waals surface area (Å²) in [6, 6.07) is 3.17. The van der Waals surface area contributed by atoms with Crippen LogP contribution in [-0.2, 0) is 20.1 Å². The van der Waals surface area contributed by atoms with Gasteiger partial charge < -0.3 is 15.6 Å². The molecule has 0 bridgehead atoms. The van der Waals surface area contributed by atoms with E-state index in [1.165, 1.54) is 6.33 Å². The zero-order valence-corrected chi connectivity index (χ0v) is 13.8. The molecule has 1 atom stereocenters. The summed E-state index contributed by atoms with van der Waals surface area (Å²) >= 11 is 0. The minimum atomic E-state index is -0.903. The maximum atomic E-state index is 11.6. The van der Waals surface area contributed by atoms with Crippen LogP contribution in [0.2, 0.25) is 0 Å². The fraction of sp³-hybridized carbons (Fsp3) is 0.500. The predicted octanol–water partition coefficient (Wildman–Crippen LogP) is 0.592. The summed E-state index contributed by atoms with van der Waals surface area (Å²) in [4.78, 5) is 20.1. The van der Waals surface area contributed by atoms with Crippen LogP contribution in [0.5, 0.6) is 5.88 Å². The molecule has 1 aliphatic rings. The van der Waals surface area contributed by atoms with E-state index in [0.717, 1.165) is 12.8 Å². The van der Waals surface area contributed by atoms with E-state index in [1.807, 2.05) is 0 Å². The zero-order valence-electron chi connectivity index (χ0n) is 13.8. The first-order valence-electron chi connectivity index (χ1n) is 7.84. The molecule has 0 aromatic carbocycles. The molecule has 8 heteroatoms. The summed E-state index contributed by atoms with van der Waals surface area (Å²) in [6.45, 7) is 1.97. The number of ether oxygens (including phenoxy) is 1. The van der Waals surface area contributed by atoms with Gasteiger partial charge >= 0.3 is 0 Å². The molecular formula is C16H21N5O3. The molecule has 0 saturated heterocycles. The molecule has 2 aromatic rings. The van der Waals surface area contributed by atoms with Crippen molar-refractivity contribution in [3.63, 3.8) is 0 Å². The van der Waals surface area contributed by atoms with Crippen molar-refractivity contribution < 1.29 is 14.6 Å². The molecule has 0 aliphatic heterocycles. The second-order valence-electron chi connectivity index (χ2n) is 6.40. The quantitative estimate of drug-likeness (QED) is 0.767. The first kappa shape index (κ1) is 16.4. The van der Waals surface area contributed by atoms with Crippen LogP contribution in [0.1, 0.15) is 41.6 Å². The highest BCUT2D eigenvalue weighted by molar-refractivity contribution is 5.94. The average molecular weight is 331 g/mol. The number of pyridine rings is 1. The number of aryl methyl sites for hydroxylation is 1. The first-order chi connectivity index (χ1) is 11.4. The van der Waals surface area contributed by atoms with E-state index in [0.29, 0.717) is 23.0 Å². The molecule has 1 aliphatic carbocycles. The topological polar surface area (TPSA) is 116 Å². The molecule has 2 aromatic heterocycles. The van der Waals surface area contributed by atoms with E-state index < -0.39 is 11.5 Å². The maximum Gasteiger partial charge on any atom is 0.250 e. The Balaban J connectivity index is 1.79. The van der Waals surface area contributed by atoms with Crippen LogP contribution < -0.4 is 10.5 Å². The number of aromatic nitrogens is 4. The van der Waals surface area contributed by atoms with Crippen molar-refractivity contribution in [3.05, 3.63) is 35.5 Å². The lowest BCUT2D eigenvalue weighted by Crippen LogP contribution is -2.31. The minimum absolute atomic E-state index is 0.206. The van der Waals surface area contributed by atoms with E-state index in [1.54, 1.807) is 30.8 Å². The van der Waals surface area contributed by atoms with Gasteiger partial charge in [-0.25, -0.2) is 9.97 Å². The number of aliphatic hydroxyl groups is 1. The Morgan fingerprint density at radius 1 is 1.50 bits per heavy atom. The van der Waals surface area contributed by atoms with Crippen LogP contribution in [0.25, 0.3) is 0 Å². The van der Waals surface area contributed by atoms with Crippen molar-refractivity contribution >= 4 is 5.91 Å². The lowest BCUT2D eigenvalue weighted by atomic mass is 9.92. The molecule has 1 fully saturated rings. The van der Waals surface area contributed by atoms with Crippen molar-refractivity contribution in [1.29, 1.82) is 0 Å². The summed E-state index contributed by atoms with van der Waals surface area (Å²) in [5.41, 5.74) is 5.28. The third-order valence-corrected chi connectivity index (χ3v) is 4.35. The van der Waals surface area contributed by atoms with Gasteiger partial charge in [0.2, 0.25) is 5.88 Å². The van der Waals surface area contributed by atoms with Gasteiger partial charge in [-0.1, -0.05) is 0 Å². The lowest BCUT2D eigenvalue weighted by molar-refractivity contribution is 0.0359. The number of rotatable bonds is 7. The van der Waals surface area contributed by atoms with Gasteiger partial charge in [-0.2, -0.15) is 5.10 Å². The van der Waals surface area contributed by atoms with Gasteiger partial charge in [-0.15, -0.1) is 0 Å². The molecule has 3 rings (SSSR count). The third-order valence-electron chi connectivity index (χ3n) is 4.35. The van der Waals surface area contributed by atoms with Crippen LogP contribution in [-0.4, -0.2) is 36.4 Å². The number of amides is 1. The Bertz CT molecular complexity index is 752. The van der Waals surface area contributed by atoms with Gasteiger partial charge in [0.15, 0.2) is 5.82 Å². The third kappa shape index (κ3) is 3.53. The van der Waals surface area contributed by atoms with Crippen molar-refractivity contribution in [2.75, 3.05) is 0 Å². The highest BCUT2D eigenvalue weighted by Crippen LogP contribution is 2.41. The molecule has 3 N–H and O–H groups in total.